The molecule has 1 unspecified atom stereocenters. The summed E-state index contributed by atoms with van der Waals surface area (Å²) in [7, 11) is 2.16. The fraction of sp³-hybridized carbons (Fsp3) is 0.929. The maximum Gasteiger partial charge on any atom is 0.309 e. The van der Waals surface area contributed by atoms with E-state index in [2.05, 4.69) is 11.9 Å². The van der Waals surface area contributed by atoms with E-state index in [4.69, 9.17) is 9.84 Å². The highest BCUT2D eigenvalue weighted by molar-refractivity contribution is 5.74. The van der Waals surface area contributed by atoms with Crippen LogP contribution in [0.5, 0.6) is 0 Å². The molecule has 0 aromatic heterocycles. The minimum atomic E-state index is -0.00705. The second-order valence-corrected chi connectivity index (χ2v) is 5.78. The fourth-order valence-corrected chi connectivity index (χ4v) is 3.11. The van der Waals surface area contributed by atoms with E-state index in [1.54, 1.807) is 0 Å². The van der Waals surface area contributed by atoms with Crippen LogP contribution in [0.15, 0.2) is 0 Å². The second kappa shape index (κ2) is 6.53. The van der Waals surface area contributed by atoms with E-state index in [1.165, 1.54) is 12.8 Å². The van der Waals surface area contributed by atoms with E-state index in [0.717, 1.165) is 32.2 Å². The Balaban J connectivity index is 1.68. The van der Waals surface area contributed by atoms with Gasteiger partial charge in [0.15, 0.2) is 0 Å². The summed E-state index contributed by atoms with van der Waals surface area (Å²) in [5, 5.41) is 9.13. The van der Waals surface area contributed by atoms with Gasteiger partial charge in [-0.15, -0.1) is 0 Å². The van der Waals surface area contributed by atoms with Gasteiger partial charge in [0, 0.05) is 12.6 Å². The molecule has 1 aliphatic heterocycles. The fourth-order valence-electron chi connectivity index (χ4n) is 3.11. The van der Waals surface area contributed by atoms with Crippen LogP contribution in [0, 0.1) is 11.8 Å². The Labute approximate surface area is 109 Å². The summed E-state index contributed by atoms with van der Waals surface area (Å²) in [6.07, 6.45) is 6.45. The Bertz CT molecular complexity index is 274. The predicted molar refractivity (Wildman–Crippen MR) is 69.1 cm³/mol. The molecule has 2 aliphatic rings. The average Bonchev–Trinajstić information content (AvgIpc) is 2.81. The van der Waals surface area contributed by atoms with Crippen LogP contribution in [-0.2, 0) is 9.53 Å². The van der Waals surface area contributed by atoms with Crippen molar-refractivity contribution in [1.29, 1.82) is 0 Å². The van der Waals surface area contributed by atoms with Crippen LogP contribution in [0.25, 0.3) is 0 Å². The van der Waals surface area contributed by atoms with E-state index in [-0.39, 0.29) is 11.9 Å². The Morgan fingerprint density at radius 2 is 2.00 bits per heavy atom. The number of carbonyl (C=O) groups excluding carboxylic acids is 1. The highest BCUT2D eigenvalue weighted by Crippen LogP contribution is 2.27. The molecule has 1 saturated carbocycles. The van der Waals surface area contributed by atoms with Crippen molar-refractivity contribution < 1.29 is 14.6 Å². The molecule has 18 heavy (non-hydrogen) atoms. The van der Waals surface area contributed by atoms with Gasteiger partial charge in [0.2, 0.25) is 0 Å². The van der Waals surface area contributed by atoms with Crippen molar-refractivity contribution in [3.8, 4) is 0 Å². The number of esters is 1. The Morgan fingerprint density at radius 1 is 1.28 bits per heavy atom. The molecule has 0 spiro atoms. The Kier molecular flexibility index (Phi) is 5.01. The van der Waals surface area contributed by atoms with Crippen molar-refractivity contribution in [3.05, 3.63) is 0 Å². The molecule has 2 rings (SSSR count). The van der Waals surface area contributed by atoms with E-state index < -0.39 is 0 Å². The summed E-state index contributed by atoms with van der Waals surface area (Å²) in [5.74, 6) is 0.632. The highest BCUT2D eigenvalue weighted by Gasteiger charge is 2.28. The zero-order valence-electron chi connectivity index (χ0n) is 11.3. The van der Waals surface area contributed by atoms with Crippen LogP contribution >= 0.6 is 0 Å². The number of aliphatic hydroxyl groups excluding tert-OH is 1. The molecule has 4 nitrogen and oxygen atoms in total. The Morgan fingerprint density at radius 3 is 2.56 bits per heavy atom. The molecule has 2 fully saturated rings. The third kappa shape index (κ3) is 3.45. The number of hydrogen-bond donors (Lipinski definition) is 1. The molecule has 1 atom stereocenters. The Hall–Kier alpha value is -0.610. The number of nitrogens with zero attached hydrogens (tertiary/aromatic N) is 1. The van der Waals surface area contributed by atoms with Gasteiger partial charge in [0.05, 0.1) is 12.5 Å². The van der Waals surface area contributed by atoms with Crippen molar-refractivity contribution in [2.45, 2.75) is 44.6 Å². The number of aliphatic hydroxyl groups is 1. The second-order valence-electron chi connectivity index (χ2n) is 5.78. The highest BCUT2D eigenvalue weighted by atomic mass is 16.5. The van der Waals surface area contributed by atoms with Gasteiger partial charge in [-0.1, -0.05) is 0 Å². The predicted octanol–water partition coefficient (Wildman–Crippen LogP) is 1.42. The summed E-state index contributed by atoms with van der Waals surface area (Å²) >= 11 is 0. The first kappa shape index (κ1) is 13.8. The first-order chi connectivity index (χ1) is 8.70. The monoisotopic (exact) mass is 255 g/mol. The molecule has 0 bridgehead atoms. The molecular weight excluding hydrogens is 230 g/mol. The number of ether oxygens (including phenoxy) is 1. The molecule has 0 radical (unpaired) electrons. The standard InChI is InChI=1S/C14H25NO3/c1-15(8-6-12-7-9-18-14(12)17)13-4-2-11(10-16)3-5-13/h11-13,16H,2-10H2,1H3. The van der Waals surface area contributed by atoms with Crippen molar-refractivity contribution in [2.24, 2.45) is 11.8 Å². The maximum absolute atomic E-state index is 11.4. The lowest BCUT2D eigenvalue weighted by molar-refractivity contribution is -0.141. The maximum atomic E-state index is 11.4. The summed E-state index contributed by atoms with van der Waals surface area (Å²) in [6.45, 7) is 1.92. The van der Waals surface area contributed by atoms with Gasteiger partial charge in [0.25, 0.3) is 0 Å². The lowest BCUT2D eigenvalue weighted by Gasteiger charge is -2.34. The normalized spacial score (nSPS) is 32.8. The molecule has 1 N–H and O–H groups in total. The van der Waals surface area contributed by atoms with Crippen LogP contribution < -0.4 is 0 Å². The van der Waals surface area contributed by atoms with Crippen LogP contribution in [0.4, 0.5) is 0 Å². The van der Waals surface area contributed by atoms with E-state index >= 15 is 0 Å². The van der Waals surface area contributed by atoms with Gasteiger partial charge >= 0.3 is 5.97 Å². The van der Waals surface area contributed by atoms with Crippen LogP contribution in [0.1, 0.15) is 38.5 Å². The minimum Gasteiger partial charge on any atom is -0.465 e. The van der Waals surface area contributed by atoms with Crippen molar-refractivity contribution in [3.63, 3.8) is 0 Å². The molecule has 1 saturated heterocycles. The lowest BCUT2D eigenvalue weighted by atomic mass is 9.86. The van der Waals surface area contributed by atoms with Gasteiger partial charge in [0.1, 0.15) is 0 Å². The average molecular weight is 255 g/mol. The van der Waals surface area contributed by atoms with Crippen molar-refractivity contribution in [2.75, 3.05) is 26.8 Å². The van der Waals surface area contributed by atoms with Gasteiger partial charge in [-0.25, -0.2) is 0 Å². The van der Waals surface area contributed by atoms with Gasteiger partial charge in [-0.3, -0.25) is 4.79 Å². The lowest BCUT2D eigenvalue weighted by Crippen LogP contribution is -2.37. The molecule has 1 heterocycles. The van der Waals surface area contributed by atoms with Crippen LogP contribution in [-0.4, -0.2) is 48.8 Å². The first-order valence-corrected chi connectivity index (χ1v) is 7.18. The van der Waals surface area contributed by atoms with E-state index in [9.17, 15) is 4.79 Å². The van der Waals surface area contributed by atoms with Crippen molar-refractivity contribution in [1.82, 2.24) is 4.90 Å². The van der Waals surface area contributed by atoms with Gasteiger partial charge in [-0.2, -0.15) is 0 Å². The summed E-state index contributed by atoms with van der Waals surface area (Å²) in [5.41, 5.74) is 0. The number of rotatable bonds is 5. The van der Waals surface area contributed by atoms with Crippen LogP contribution in [0.3, 0.4) is 0 Å². The molecule has 0 amide bonds. The molecule has 104 valence electrons. The third-order valence-electron chi connectivity index (χ3n) is 4.57. The third-order valence-corrected chi connectivity index (χ3v) is 4.57. The summed E-state index contributed by atoms with van der Waals surface area (Å²) in [4.78, 5) is 13.8. The first-order valence-electron chi connectivity index (χ1n) is 7.18. The zero-order chi connectivity index (χ0) is 13.0. The van der Waals surface area contributed by atoms with E-state index in [0.29, 0.717) is 25.2 Å². The minimum absolute atomic E-state index is 0.00705. The molecule has 4 heteroatoms. The quantitative estimate of drug-likeness (QED) is 0.755. The summed E-state index contributed by atoms with van der Waals surface area (Å²) in [6, 6.07) is 0.630. The molecule has 0 aromatic rings. The largest absolute Gasteiger partial charge is 0.465 e. The SMILES string of the molecule is CN(CCC1CCOC1=O)C1CCC(CO)CC1. The summed E-state index contributed by atoms with van der Waals surface area (Å²) < 4.78 is 4.99. The zero-order valence-corrected chi connectivity index (χ0v) is 11.3. The van der Waals surface area contributed by atoms with E-state index in [1.807, 2.05) is 0 Å². The van der Waals surface area contributed by atoms with Crippen LogP contribution in [0.2, 0.25) is 0 Å². The van der Waals surface area contributed by atoms with Crippen molar-refractivity contribution >= 4 is 5.97 Å². The van der Waals surface area contributed by atoms with Gasteiger partial charge in [-0.05, 0) is 58.0 Å². The smallest absolute Gasteiger partial charge is 0.309 e. The van der Waals surface area contributed by atoms with Gasteiger partial charge < -0.3 is 14.7 Å². The molecular formula is C14H25NO3. The number of carbonyl (C=O) groups is 1. The molecule has 1 aliphatic carbocycles. The number of cyclic esters (lactones) is 1. The molecule has 0 aromatic carbocycles. The number of hydrogen-bond acceptors (Lipinski definition) is 4. The topological polar surface area (TPSA) is 49.8 Å².